The summed E-state index contributed by atoms with van der Waals surface area (Å²) in [5, 5.41) is 0. The van der Waals surface area contributed by atoms with Crippen LogP contribution >= 0.6 is 0 Å². The fourth-order valence-electron chi connectivity index (χ4n) is 0.652. The summed E-state index contributed by atoms with van der Waals surface area (Å²) in [7, 11) is -1.71. The summed E-state index contributed by atoms with van der Waals surface area (Å²) in [5.41, 5.74) is 0. The minimum Gasteiger partial charge on any atom is -0.385 e. The van der Waals surface area contributed by atoms with Crippen LogP contribution in [0.4, 0.5) is 0 Å². The summed E-state index contributed by atoms with van der Waals surface area (Å²) >= 11 is 0. The van der Waals surface area contributed by atoms with Crippen LogP contribution in [0, 0.1) is 0 Å². The first-order valence-corrected chi connectivity index (χ1v) is 5.79. The van der Waals surface area contributed by atoms with Gasteiger partial charge in [0, 0.05) is 20.3 Å². The molecule has 0 aliphatic rings. The van der Waals surface area contributed by atoms with Crippen molar-refractivity contribution in [2.24, 2.45) is 0 Å². The molecule has 0 spiro atoms. The van der Waals surface area contributed by atoms with E-state index in [9.17, 15) is 8.42 Å². The van der Waals surface area contributed by atoms with Crippen LogP contribution in [0.15, 0.2) is 0 Å². The van der Waals surface area contributed by atoms with Gasteiger partial charge in [-0.1, -0.05) is 0 Å². The Morgan fingerprint density at radius 2 is 1.77 bits per heavy atom. The van der Waals surface area contributed by atoms with Crippen LogP contribution in [0.25, 0.3) is 0 Å². The molecule has 0 saturated carbocycles. The molecule has 0 fully saturated rings. The van der Waals surface area contributed by atoms with Gasteiger partial charge in [0.15, 0.2) is 0 Å². The highest BCUT2D eigenvalue weighted by molar-refractivity contribution is 7.85. The Morgan fingerprint density at radius 3 is 2.31 bits per heavy atom. The van der Waals surface area contributed by atoms with E-state index in [0.717, 1.165) is 12.7 Å². The zero-order valence-electron chi connectivity index (χ0n) is 7.99. The third-order valence-electron chi connectivity index (χ3n) is 1.16. The highest BCUT2D eigenvalue weighted by Crippen LogP contribution is 1.88. The lowest BCUT2D eigenvalue weighted by atomic mass is 10.5. The smallest absolute Gasteiger partial charge is 0.264 e. The zero-order valence-corrected chi connectivity index (χ0v) is 8.80. The van der Waals surface area contributed by atoms with Gasteiger partial charge < -0.3 is 9.47 Å². The van der Waals surface area contributed by atoms with Gasteiger partial charge >= 0.3 is 0 Å². The SMILES string of the molecule is COCCCOCCOS(C)(=O)=O. The Balaban J connectivity index is 3.09. The highest BCUT2D eigenvalue weighted by Gasteiger charge is 1.99. The average molecular weight is 212 g/mol. The lowest BCUT2D eigenvalue weighted by Crippen LogP contribution is -2.10. The molecule has 0 amide bonds. The van der Waals surface area contributed by atoms with Gasteiger partial charge in [-0.2, -0.15) is 8.42 Å². The Morgan fingerprint density at radius 1 is 1.08 bits per heavy atom. The van der Waals surface area contributed by atoms with Crippen LogP contribution in [-0.2, 0) is 23.8 Å². The van der Waals surface area contributed by atoms with E-state index in [-0.39, 0.29) is 13.2 Å². The van der Waals surface area contributed by atoms with Crippen molar-refractivity contribution in [1.82, 2.24) is 0 Å². The van der Waals surface area contributed by atoms with Crippen LogP contribution < -0.4 is 0 Å². The molecule has 0 rings (SSSR count). The third kappa shape index (κ3) is 11.8. The standard InChI is InChI=1S/C7H16O5S/c1-10-4-3-5-11-6-7-12-13(2,8)9/h3-7H2,1-2H3. The molecule has 0 N–H and O–H groups in total. The molecule has 0 aromatic carbocycles. The second-order valence-electron chi connectivity index (χ2n) is 2.48. The first-order chi connectivity index (χ1) is 6.06. The predicted molar refractivity (Wildman–Crippen MR) is 48.1 cm³/mol. The van der Waals surface area contributed by atoms with Crippen molar-refractivity contribution in [3.8, 4) is 0 Å². The maximum Gasteiger partial charge on any atom is 0.264 e. The Labute approximate surface area is 79.1 Å². The number of hydrogen-bond donors (Lipinski definition) is 0. The fourth-order valence-corrected chi connectivity index (χ4v) is 1.02. The molecule has 0 aromatic rings. The maximum absolute atomic E-state index is 10.5. The van der Waals surface area contributed by atoms with Crippen LogP contribution in [0.5, 0.6) is 0 Å². The van der Waals surface area contributed by atoms with Gasteiger partial charge in [-0.3, -0.25) is 4.18 Å². The lowest BCUT2D eigenvalue weighted by Gasteiger charge is -2.03. The van der Waals surface area contributed by atoms with Gasteiger partial charge in [0.1, 0.15) is 0 Å². The minimum absolute atomic E-state index is 0.0752. The van der Waals surface area contributed by atoms with Crippen molar-refractivity contribution in [1.29, 1.82) is 0 Å². The Kier molecular flexibility index (Phi) is 7.16. The van der Waals surface area contributed by atoms with Gasteiger partial charge in [-0.15, -0.1) is 0 Å². The normalized spacial score (nSPS) is 11.8. The molecule has 0 atom stereocenters. The quantitative estimate of drug-likeness (QED) is 0.419. The number of hydrogen-bond acceptors (Lipinski definition) is 5. The molecule has 0 radical (unpaired) electrons. The summed E-state index contributed by atoms with van der Waals surface area (Å²) < 4.78 is 35.2. The zero-order chi connectivity index (χ0) is 10.2. The molecule has 0 aliphatic carbocycles. The summed E-state index contributed by atoms with van der Waals surface area (Å²) in [6.45, 7) is 1.57. The monoisotopic (exact) mass is 212 g/mol. The summed E-state index contributed by atoms with van der Waals surface area (Å²) in [5.74, 6) is 0. The molecule has 0 aromatic heterocycles. The molecular weight excluding hydrogens is 196 g/mol. The van der Waals surface area contributed by atoms with Gasteiger partial charge in [0.25, 0.3) is 10.1 Å². The van der Waals surface area contributed by atoms with Crippen LogP contribution in [0.2, 0.25) is 0 Å². The molecule has 0 saturated heterocycles. The summed E-state index contributed by atoms with van der Waals surface area (Å²) in [6.07, 6.45) is 1.81. The minimum atomic E-state index is -3.33. The predicted octanol–water partition coefficient (Wildman–Crippen LogP) is 0.0157. The Hall–Kier alpha value is -0.170. The van der Waals surface area contributed by atoms with E-state index in [4.69, 9.17) is 9.47 Å². The maximum atomic E-state index is 10.5. The number of ether oxygens (including phenoxy) is 2. The van der Waals surface area contributed by atoms with Crippen molar-refractivity contribution in [2.45, 2.75) is 6.42 Å². The first kappa shape index (κ1) is 12.8. The van der Waals surface area contributed by atoms with E-state index in [1.165, 1.54) is 0 Å². The van der Waals surface area contributed by atoms with Gasteiger partial charge in [-0.25, -0.2) is 0 Å². The number of methoxy groups -OCH3 is 1. The van der Waals surface area contributed by atoms with Gasteiger partial charge in [-0.05, 0) is 6.42 Å². The van der Waals surface area contributed by atoms with E-state index in [0.29, 0.717) is 13.2 Å². The molecule has 0 heterocycles. The molecule has 5 nitrogen and oxygen atoms in total. The molecular formula is C7H16O5S. The average Bonchev–Trinajstić information content (AvgIpc) is 2.01. The van der Waals surface area contributed by atoms with Crippen molar-refractivity contribution in [3.05, 3.63) is 0 Å². The van der Waals surface area contributed by atoms with E-state index in [1.54, 1.807) is 7.11 Å². The summed E-state index contributed by atoms with van der Waals surface area (Å²) in [6, 6.07) is 0. The second-order valence-corrected chi connectivity index (χ2v) is 4.13. The fraction of sp³-hybridized carbons (Fsp3) is 1.00. The van der Waals surface area contributed by atoms with Crippen molar-refractivity contribution < 1.29 is 22.1 Å². The molecule has 0 bridgehead atoms. The topological polar surface area (TPSA) is 61.8 Å². The van der Waals surface area contributed by atoms with E-state index in [1.807, 2.05) is 0 Å². The second kappa shape index (κ2) is 7.25. The van der Waals surface area contributed by atoms with Crippen molar-refractivity contribution >= 4 is 10.1 Å². The van der Waals surface area contributed by atoms with Crippen LogP contribution in [0.1, 0.15) is 6.42 Å². The molecule has 13 heavy (non-hydrogen) atoms. The highest BCUT2D eigenvalue weighted by atomic mass is 32.2. The third-order valence-corrected chi connectivity index (χ3v) is 1.76. The van der Waals surface area contributed by atoms with E-state index < -0.39 is 10.1 Å². The first-order valence-electron chi connectivity index (χ1n) is 3.97. The molecule has 0 aliphatic heterocycles. The van der Waals surface area contributed by atoms with E-state index in [2.05, 4.69) is 4.18 Å². The molecule has 6 heteroatoms. The van der Waals surface area contributed by atoms with Crippen molar-refractivity contribution in [2.75, 3.05) is 39.8 Å². The lowest BCUT2D eigenvalue weighted by molar-refractivity contribution is 0.0822. The summed E-state index contributed by atoms with van der Waals surface area (Å²) in [4.78, 5) is 0. The van der Waals surface area contributed by atoms with Crippen LogP contribution in [-0.4, -0.2) is 48.2 Å². The Bertz CT molecular complexity index is 199. The number of rotatable bonds is 8. The van der Waals surface area contributed by atoms with Crippen molar-refractivity contribution in [3.63, 3.8) is 0 Å². The molecule has 0 unspecified atom stereocenters. The van der Waals surface area contributed by atoms with Gasteiger partial charge in [0.2, 0.25) is 0 Å². The van der Waals surface area contributed by atoms with Gasteiger partial charge in [0.05, 0.1) is 19.5 Å². The molecule has 80 valence electrons. The largest absolute Gasteiger partial charge is 0.385 e. The van der Waals surface area contributed by atoms with Crippen LogP contribution in [0.3, 0.4) is 0 Å². The van der Waals surface area contributed by atoms with E-state index >= 15 is 0 Å².